The van der Waals surface area contributed by atoms with E-state index in [1.807, 2.05) is 30.3 Å². The molecule has 112 valence electrons. The van der Waals surface area contributed by atoms with Gasteiger partial charge in [-0.1, -0.05) is 58.4 Å². The number of benzene rings is 2. The average Bonchev–Trinajstić information content (AvgIpc) is 2.50. The maximum absolute atomic E-state index is 14.2. The predicted molar refractivity (Wildman–Crippen MR) is 87.3 cm³/mol. The topological polar surface area (TPSA) is 12.5 Å². The summed E-state index contributed by atoms with van der Waals surface area (Å²) in [6, 6.07) is 15.5. The van der Waals surface area contributed by atoms with Crippen molar-refractivity contribution >= 4 is 15.9 Å². The number of alkyl halides is 1. The second-order valence-electron chi connectivity index (χ2n) is 4.82. The van der Waals surface area contributed by atoms with Crippen LogP contribution in [0.5, 0.6) is 5.75 Å². The van der Waals surface area contributed by atoms with Crippen molar-refractivity contribution in [2.75, 3.05) is 19.0 Å². The molecule has 0 aliphatic rings. The van der Waals surface area contributed by atoms with Crippen molar-refractivity contribution in [2.24, 2.45) is 0 Å². The average molecular weight is 352 g/mol. The van der Waals surface area contributed by atoms with E-state index in [4.69, 9.17) is 4.74 Å². The molecule has 2 rings (SSSR count). The third-order valence-corrected chi connectivity index (χ3v) is 3.66. The van der Waals surface area contributed by atoms with E-state index in [0.29, 0.717) is 17.9 Å². The van der Waals surface area contributed by atoms with E-state index in [1.54, 1.807) is 6.07 Å². The van der Waals surface area contributed by atoms with Crippen molar-refractivity contribution in [1.82, 2.24) is 4.90 Å². The molecule has 0 saturated carbocycles. The summed E-state index contributed by atoms with van der Waals surface area (Å²) in [5.74, 6) is 0.0265. The number of nitrogens with zero attached hydrogens (tertiary/aromatic N) is 1. The van der Waals surface area contributed by atoms with Crippen molar-refractivity contribution in [3.63, 3.8) is 0 Å². The highest BCUT2D eigenvalue weighted by molar-refractivity contribution is 9.09. The molecule has 2 aromatic carbocycles. The van der Waals surface area contributed by atoms with Gasteiger partial charge in [0, 0.05) is 30.5 Å². The molecule has 0 aromatic heterocycles. The molecule has 21 heavy (non-hydrogen) atoms. The highest BCUT2D eigenvalue weighted by atomic mass is 79.9. The maximum atomic E-state index is 14.2. The van der Waals surface area contributed by atoms with Crippen LogP contribution in [0, 0.1) is 5.82 Å². The van der Waals surface area contributed by atoms with Crippen LogP contribution in [0.1, 0.15) is 11.1 Å². The van der Waals surface area contributed by atoms with Crippen LogP contribution in [0.25, 0.3) is 0 Å². The summed E-state index contributed by atoms with van der Waals surface area (Å²) in [5.41, 5.74) is 1.88. The van der Waals surface area contributed by atoms with Crippen molar-refractivity contribution in [3.8, 4) is 5.75 Å². The molecule has 2 aromatic rings. The molecule has 4 heteroatoms. The van der Waals surface area contributed by atoms with Crippen LogP contribution >= 0.6 is 15.9 Å². The van der Waals surface area contributed by atoms with Gasteiger partial charge >= 0.3 is 0 Å². The first-order chi connectivity index (χ1) is 10.2. The summed E-state index contributed by atoms with van der Waals surface area (Å²) >= 11 is 3.46. The summed E-state index contributed by atoms with van der Waals surface area (Å²) in [5, 5.41) is 0.853. The van der Waals surface area contributed by atoms with Crippen LogP contribution < -0.4 is 4.74 Å². The highest BCUT2D eigenvalue weighted by Gasteiger charge is 2.12. The van der Waals surface area contributed by atoms with E-state index in [9.17, 15) is 4.39 Å². The molecular formula is C17H19BrFNO. The number of rotatable bonds is 7. The van der Waals surface area contributed by atoms with E-state index in [1.165, 1.54) is 12.7 Å². The summed E-state index contributed by atoms with van der Waals surface area (Å²) < 4.78 is 19.3. The van der Waals surface area contributed by atoms with E-state index >= 15 is 0 Å². The molecule has 0 saturated heterocycles. The van der Waals surface area contributed by atoms with Crippen LogP contribution in [0.15, 0.2) is 48.5 Å². The first kappa shape index (κ1) is 16.0. The Bertz CT molecular complexity index is 562. The Morgan fingerprint density at radius 1 is 1.05 bits per heavy atom. The van der Waals surface area contributed by atoms with Gasteiger partial charge in [-0.15, -0.1) is 0 Å². The van der Waals surface area contributed by atoms with Crippen molar-refractivity contribution in [3.05, 3.63) is 65.5 Å². The number of methoxy groups -OCH3 is 1. The first-order valence-electron chi connectivity index (χ1n) is 6.88. The normalized spacial score (nSPS) is 10.9. The fourth-order valence-corrected chi connectivity index (χ4v) is 2.75. The Morgan fingerprint density at radius 3 is 2.48 bits per heavy atom. The molecule has 0 unspecified atom stereocenters. The van der Waals surface area contributed by atoms with Gasteiger partial charge in [0.25, 0.3) is 0 Å². The van der Waals surface area contributed by atoms with Gasteiger partial charge in [-0.05, 0) is 11.6 Å². The lowest BCUT2D eigenvalue weighted by molar-refractivity contribution is 0.268. The lowest BCUT2D eigenvalue weighted by Crippen LogP contribution is -2.25. The number of ether oxygens (including phenoxy) is 1. The van der Waals surface area contributed by atoms with Crippen LogP contribution in [0.4, 0.5) is 4.39 Å². The molecule has 0 spiro atoms. The predicted octanol–water partition coefficient (Wildman–Crippen LogP) is 4.23. The fraction of sp³-hybridized carbons (Fsp3) is 0.294. The Kier molecular flexibility index (Phi) is 6.21. The maximum Gasteiger partial charge on any atom is 0.169 e. The minimum Gasteiger partial charge on any atom is -0.494 e. The Labute approximate surface area is 133 Å². The lowest BCUT2D eigenvalue weighted by atomic mass is 10.1. The first-order valence-corrected chi connectivity index (χ1v) is 8.00. The molecule has 0 fully saturated rings. The van der Waals surface area contributed by atoms with E-state index in [-0.39, 0.29) is 5.82 Å². The molecule has 0 aliphatic carbocycles. The zero-order chi connectivity index (χ0) is 15.1. The van der Waals surface area contributed by atoms with Gasteiger partial charge in [0.2, 0.25) is 0 Å². The fourth-order valence-electron chi connectivity index (χ4n) is 2.25. The van der Waals surface area contributed by atoms with Crippen LogP contribution in [0.3, 0.4) is 0 Å². The second kappa shape index (κ2) is 8.15. The van der Waals surface area contributed by atoms with Crippen molar-refractivity contribution in [2.45, 2.75) is 13.1 Å². The van der Waals surface area contributed by atoms with Gasteiger partial charge in [-0.3, -0.25) is 4.90 Å². The molecule has 2 nitrogen and oxygen atoms in total. The highest BCUT2D eigenvalue weighted by Crippen LogP contribution is 2.21. The number of hydrogen-bond donors (Lipinski definition) is 0. The zero-order valence-corrected chi connectivity index (χ0v) is 13.6. The van der Waals surface area contributed by atoms with Gasteiger partial charge in [-0.2, -0.15) is 0 Å². The van der Waals surface area contributed by atoms with Crippen LogP contribution in [0.2, 0.25) is 0 Å². The molecule has 0 heterocycles. The van der Waals surface area contributed by atoms with Gasteiger partial charge in [-0.25, -0.2) is 4.39 Å². The quantitative estimate of drug-likeness (QED) is 0.692. The molecule has 0 N–H and O–H groups in total. The standard InChI is InChI=1S/C17H19BrFNO/c1-21-16-9-5-8-15(17(16)19)13-20(11-10-18)12-14-6-3-2-4-7-14/h2-9H,10-13H2,1H3. The molecule has 0 bridgehead atoms. The summed E-state index contributed by atoms with van der Waals surface area (Å²) in [6.45, 7) is 2.21. The summed E-state index contributed by atoms with van der Waals surface area (Å²) in [6.07, 6.45) is 0. The Morgan fingerprint density at radius 2 is 1.81 bits per heavy atom. The van der Waals surface area contributed by atoms with Gasteiger partial charge in [0.1, 0.15) is 0 Å². The third kappa shape index (κ3) is 4.55. The van der Waals surface area contributed by atoms with Gasteiger partial charge in [0.15, 0.2) is 11.6 Å². The van der Waals surface area contributed by atoms with Crippen molar-refractivity contribution in [1.29, 1.82) is 0 Å². The third-order valence-electron chi connectivity index (χ3n) is 3.31. The minimum atomic E-state index is -0.271. The van der Waals surface area contributed by atoms with E-state index in [0.717, 1.165) is 18.4 Å². The molecule has 0 amide bonds. The summed E-state index contributed by atoms with van der Waals surface area (Å²) in [4.78, 5) is 2.21. The molecular weight excluding hydrogens is 333 g/mol. The molecule has 0 radical (unpaired) electrons. The van der Waals surface area contributed by atoms with Gasteiger partial charge < -0.3 is 4.74 Å². The SMILES string of the molecule is COc1cccc(CN(CCBr)Cc2ccccc2)c1F. The Balaban J connectivity index is 2.13. The van der Waals surface area contributed by atoms with Gasteiger partial charge in [0.05, 0.1) is 7.11 Å². The molecule has 0 atom stereocenters. The van der Waals surface area contributed by atoms with E-state index < -0.39 is 0 Å². The number of halogens is 2. The second-order valence-corrected chi connectivity index (χ2v) is 5.61. The van der Waals surface area contributed by atoms with Crippen LogP contribution in [-0.4, -0.2) is 23.9 Å². The smallest absolute Gasteiger partial charge is 0.169 e. The monoisotopic (exact) mass is 351 g/mol. The van der Waals surface area contributed by atoms with E-state index in [2.05, 4.69) is 33.0 Å². The van der Waals surface area contributed by atoms with Crippen molar-refractivity contribution < 1.29 is 9.13 Å². The molecule has 0 aliphatic heterocycles. The van der Waals surface area contributed by atoms with Crippen LogP contribution in [-0.2, 0) is 13.1 Å². The largest absolute Gasteiger partial charge is 0.494 e. The number of hydrogen-bond acceptors (Lipinski definition) is 2. The lowest BCUT2D eigenvalue weighted by Gasteiger charge is -2.22. The minimum absolute atomic E-state index is 0.271. The Hall–Kier alpha value is -1.39. The summed E-state index contributed by atoms with van der Waals surface area (Å²) in [7, 11) is 1.49. The zero-order valence-electron chi connectivity index (χ0n) is 12.1.